The van der Waals surface area contributed by atoms with E-state index in [-0.39, 0.29) is 11.5 Å². The van der Waals surface area contributed by atoms with Crippen LogP contribution in [0.5, 0.6) is 0 Å². The highest BCUT2D eigenvalue weighted by Crippen LogP contribution is 2.28. The molecule has 0 amide bonds. The fourth-order valence-electron chi connectivity index (χ4n) is 1.54. The van der Waals surface area contributed by atoms with Crippen molar-refractivity contribution in [3.8, 4) is 11.4 Å². The van der Waals surface area contributed by atoms with E-state index in [1.165, 1.54) is 6.07 Å². The molecule has 0 fully saturated rings. The Labute approximate surface area is 109 Å². The number of benzene rings is 1. The Kier molecular flexibility index (Phi) is 3.25. The average molecular weight is 264 g/mol. The van der Waals surface area contributed by atoms with Crippen LogP contribution in [0.4, 0.5) is 5.69 Å². The standard InChI is InChI=1S/C12H10ClN3O2/c1-7-8(2)14-12(15-11(7)13)9-5-3-4-6-10(9)16(17)18/h3-6H,1-2H3. The van der Waals surface area contributed by atoms with Gasteiger partial charge >= 0.3 is 0 Å². The first kappa shape index (κ1) is 12.4. The Hall–Kier alpha value is -2.01. The molecule has 0 spiro atoms. The van der Waals surface area contributed by atoms with Crippen molar-refractivity contribution in [1.29, 1.82) is 0 Å². The molecule has 18 heavy (non-hydrogen) atoms. The number of hydrogen-bond acceptors (Lipinski definition) is 4. The first-order chi connectivity index (χ1) is 8.50. The van der Waals surface area contributed by atoms with E-state index in [1.807, 2.05) is 0 Å². The molecule has 0 N–H and O–H groups in total. The molecule has 0 radical (unpaired) electrons. The number of rotatable bonds is 2. The van der Waals surface area contributed by atoms with Gasteiger partial charge in [-0.3, -0.25) is 10.1 Å². The summed E-state index contributed by atoms with van der Waals surface area (Å²) in [5.74, 6) is 0.274. The van der Waals surface area contributed by atoms with Gasteiger partial charge in [-0.15, -0.1) is 0 Å². The van der Waals surface area contributed by atoms with Gasteiger partial charge in [0, 0.05) is 17.3 Å². The number of hydrogen-bond donors (Lipinski definition) is 0. The third-order valence-corrected chi connectivity index (χ3v) is 3.04. The zero-order valence-electron chi connectivity index (χ0n) is 9.85. The normalized spacial score (nSPS) is 10.4. The molecule has 1 heterocycles. The maximum Gasteiger partial charge on any atom is 0.280 e. The summed E-state index contributed by atoms with van der Waals surface area (Å²) in [6, 6.07) is 6.33. The number of nitro groups is 1. The topological polar surface area (TPSA) is 68.9 Å². The van der Waals surface area contributed by atoms with Gasteiger partial charge in [-0.2, -0.15) is 0 Å². The second-order valence-corrected chi connectivity index (χ2v) is 4.18. The molecule has 0 saturated carbocycles. The van der Waals surface area contributed by atoms with Crippen molar-refractivity contribution in [1.82, 2.24) is 9.97 Å². The van der Waals surface area contributed by atoms with Gasteiger partial charge in [0.15, 0.2) is 5.82 Å². The van der Waals surface area contributed by atoms with E-state index in [9.17, 15) is 10.1 Å². The maximum absolute atomic E-state index is 10.9. The van der Waals surface area contributed by atoms with E-state index < -0.39 is 4.92 Å². The van der Waals surface area contributed by atoms with Gasteiger partial charge < -0.3 is 0 Å². The van der Waals surface area contributed by atoms with Gasteiger partial charge in [-0.25, -0.2) is 9.97 Å². The Balaban J connectivity index is 2.66. The monoisotopic (exact) mass is 263 g/mol. The molecule has 0 unspecified atom stereocenters. The Morgan fingerprint density at radius 1 is 1.22 bits per heavy atom. The quantitative estimate of drug-likeness (QED) is 0.473. The lowest BCUT2D eigenvalue weighted by Crippen LogP contribution is -1.99. The number of nitro benzene ring substituents is 1. The van der Waals surface area contributed by atoms with Crippen LogP contribution in [0.2, 0.25) is 5.15 Å². The van der Waals surface area contributed by atoms with Crippen molar-refractivity contribution in [2.45, 2.75) is 13.8 Å². The van der Waals surface area contributed by atoms with E-state index in [1.54, 1.807) is 32.0 Å². The smallest absolute Gasteiger partial charge is 0.258 e. The Morgan fingerprint density at radius 2 is 1.89 bits per heavy atom. The highest BCUT2D eigenvalue weighted by Gasteiger charge is 2.18. The SMILES string of the molecule is Cc1nc(-c2ccccc2[N+](=O)[O-])nc(Cl)c1C. The van der Waals surface area contributed by atoms with Gasteiger partial charge in [0.05, 0.1) is 10.5 Å². The average Bonchev–Trinajstić information content (AvgIpc) is 2.35. The van der Waals surface area contributed by atoms with Gasteiger partial charge in [0.25, 0.3) is 5.69 Å². The van der Waals surface area contributed by atoms with Crippen LogP contribution < -0.4 is 0 Å². The van der Waals surface area contributed by atoms with E-state index in [0.717, 1.165) is 5.56 Å². The maximum atomic E-state index is 10.9. The van der Waals surface area contributed by atoms with Crippen LogP contribution in [0.15, 0.2) is 24.3 Å². The Morgan fingerprint density at radius 3 is 2.50 bits per heavy atom. The molecule has 2 rings (SSSR count). The molecule has 0 aliphatic heterocycles. The number of para-hydroxylation sites is 1. The van der Waals surface area contributed by atoms with Gasteiger partial charge in [0.2, 0.25) is 0 Å². The summed E-state index contributed by atoms with van der Waals surface area (Å²) < 4.78 is 0. The zero-order chi connectivity index (χ0) is 13.3. The van der Waals surface area contributed by atoms with Gasteiger partial charge in [0.1, 0.15) is 5.15 Å². The fraction of sp³-hybridized carbons (Fsp3) is 0.167. The lowest BCUT2D eigenvalue weighted by molar-refractivity contribution is -0.384. The van der Waals surface area contributed by atoms with Crippen molar-refractivity contribution in [2.75, 3.05) is 0 Å². The van der Waals surface area contributed by atoms with Crippen LogP contribution in [0, 0.1) is 24.0 Å². The molecule has 1 aromatic carbocycles. The summed E-state index contributed by atoms with van der Waals surface area (Å²) in [7, 11) is 0. The molecule has 0 aliphatic rings. The lowest BCUT2D eigenvalue weighted by atomic mass is 10.1. The second kappa shape index (κ2) is 4.70. The fourth-order valence-corrected chi connectivity index (χ4v) is 1.75. The van der Waals surface area contributed by atoms with E-state index >= 15 is 0 Å². The number of halogens is 1. The Bertz CT molecular complexity index is 605. The summed E-state index contributed by atoms with van der Waals surface area (Å²) in [6.45, 7) is 3.60. The molecular formula is C12H10ClN3O2. The van der Waals surface area contributed by atoms with Gasteiger partial charge in [-0.05, 0) is 19.9 Å². The molecule has 1 aromatic heterocycles. The molecule has 0 atom stereocenters. The second-order valence-electron chi connectivity index (χ2n) is 3.82. The third kappa shape index (κ3) is 2.17. The molecule has 2 aromatic rings. The number of aromatic nitrogens is 2. The third-order valence-electron chi connectivity index (χ3n) is 2.67. The highest BCUT2D eigenvalue weighted by molar-refractivity contribution is 6.30. The van der Waals surface area contributed by atoms with Crippen LogP contribution in [0.25, 0.3) is 11.4 Å². The van der Waals surface area contributed by atoms with Crippen LogP contribution in [0.3, 0.4) is 0 Å². The minimum Gasteiger partial charge on any atom is -0.258 e. The van der Waals surface area contributed by atoms with Crippen molar-refractivity contribution in [3.63, 3.8) is 0 Å². The first-order valence-corrected chi connectivity index (χ1v) is 5.63. The zero-order valence-corrected chi connectivity index (χ0v) is 10.6. The van der Waals surface area contributed by atoms with Crippen molar-refractivity contribution < 1.29 is 4.92 Å². The van der Waals surface area contributed by atoms with Crippen molar-refractivity contribution in [2.24, 2.45) is 0 Å². The van der Waals surface area contributed by atoms with E-state index in [4.69, 9.17) is 11.6 Å². The molecule has 92 valence electrons. The summed E-state index contributed by atoms with van der Waals surface area (Å²) in [5, 5.41) is 11.3. The van der Waals surface area contributed by atoms with Crippen molar-refractivity contribution in [3.05, 3.63) is 50.8 Å². The molecule has 6 heteroatoms. The van der Waals surface area contributed by atoms with Crippen LogP contribution in [-0.2, 0) is 0 Å². The minimum atomic E-state index is -0.457. The largest absolute Gasteiger partial charge is 0.280 e. The lowest BCUT2D eigenvalue weighted by Gasteiger charge is -2.06. The van der Waals surface area contributed by atoms with Gasteiger partial charge in [-0.1, -0.05) is 23.7 Å². The predicted molar refractivity (Wildman–Crippen MR) is 68.6 cm³/mol. The molecule has 0 saturated heterocycles. The summed E-state index contributed by atoms with van der Waals surface area (Å²) >= 11 is 5.98. The first-order valence-electron chi connectivity index (χ1n) is 5.25. The molecule has 0 aliphatic carbocycles. The molecule has 5 nitrogen and oxygen atoms in total. The van der Waals surface area contributed by atoms with Crippen LogP contribution >= 0.6 is 11.6 Å². The van der Waals surface area contributed by atoms with Crippen LogP contribution in [-0.4, -0.2) is 14.9 Å². The van der Waals surface area contributed by atoms with Crippen molar-refractivity contribution >= 4 is 17.3 Å². The number of nitrogens with zero attached hydrogens (tertiary/aromatic N) is 3. The van der Waals surface area contributed by atoms with E-state index in [2.05, 4.69) is 9.97 Å². The number of aryl methyl sites for hydroxylation is 1. The summed E-state index contributed by atoms with van der Waals surface area (Å²) in [5.41, 5.74) is 1.83. The van der Waals surface area contributed by atoms with E-state index in [0.29, 0.717) is 16.4 Å². The minimum absolute atomic E-state index is 0.0307. The summed E-state index contributed by atoms with van der Waals surface area (Å²) in [4.78, 5) is 18.8. The molecule has 0 bridgehead atoms. The molecular weight excluding hydrogens is 254 g/mol. The highest BCUT2D eigenvalue weighted by atomic mass is 35.5. The van der Waals surface area contributed by atoms with Crippen LogP contribution in [0.1, 0.15) is 11.3 Å². The summed E-state index contributed by atoms with van der Waals surface area (Å²) in [6.07, 6.45) is 0. The predicted octanol–water partition coefficient (Wildman–Crippen LogP) is 3.32.